The molecule has 0 fully saturated rings. The van der Waals surface area contributed by atoms with Gasteiger partial charge >= 0.3 is 0 Å². The van der Waals surface area contributed by atoms with Crippen molar-refractivity contribution < 1.29 is 9.21 Å². The molecule has 2 aromatic heterocycles. The number of amides is 1. The number of nitrogens with zero attached hydrogens (tertiary/aromatic N) is 4. The summed E-state index contributed by atoms with van der Waals surface area (Å²) in [5, 5.41) is 8.43. The fraction of sp³-hybridized carbons (Fsp3) is 0.438. The van der Waals surface area contributed by atoms with Crippen molar-refractivity contribution in [2.45, 2.75) is 44.3 Å². The molecule has 3 rings (SSSR count). The number of carbonyl (C=O) groups is 1. The summed E-state index contributed by atoms with van der Waals surface area (Å²) in [5.74, 6) is 7.51. The molecule has 0 unspecified atom stereocenters. The summed E-state index contributed by atoms with van der Waals surface area (Å²) in [4.78, 5) is 14.6. The number of rotatable bonds is 6. The Bertz CT molecular complexity index is 723. The Morgan fingerprint density at radius 3 is 2.96 bits per heavy atom. The lowest BCUT2D eigenvalue weighted by atomic mass is 10.0. The highest BCUT2D eigenvalue weighted by atomic mass is 32.2. The van der Waals surface area contributed by atoms with Gasteiger partial charge in [-0.1, -0.05) is 17.8 Å². The van der Waals surface area contributed by atoms with Gasteiger partial charge in [-0.2, -0.15) is 0 Å². The first-order chi connectivity index (χ1) is 11.6. The molecule has 8 heteroatoms. The second-order valence-electron chi connectivity index (χ2n) is 5.69. The van der Waals surface area contributed by atoms with Gasteiger partial charge in [-0.05, 0) is 44.7 Å². The molecule has 1 aliphatic carbocycles. The summed E-state index contributed by atoms with van der Waals surface area (Å²) in [6.45, 7) is 2.22. The SMILES string of the molecule is Cc1nnc(SCC(=O)N(Cc2ccco2)C2=CCCCC2)n1N. The van der Waals surface area contributed by atoms with Crippen molar-refractivity contribution in [1.29, 1.82) is 0 Å². The summed E-state index contributed by atoms with van der Waals surface area (Å²) >= 11 is 1.30. The number of thioether (sulfide) groups is 1. The Morgan fingerprint density at radius 2 is 2.33 bits per heavy atom. The monoisotopic (exact) mass is 347 g/mol. The van der Waals surface area contributed by atoms with Crippen LogP contribution < -0.4 is 5.84 Å². The van der Waals surface area contributed by atoms with Gasteiger partial charge < -0.3 is 15.2 Å². The van der Waals surface area contributed by atoms with Crippen molar-refractivity contribution in [3.63, 3.8) is 0 Å². The van der Waals surface area contributed by atoms with Crippen molar-refractivity contribution in [3.8, 4) is 0 Å². The first kappa shape index (κ1) is 16.6. The predicted molar refractivity (Wildman–Crippen MR) is 91.4 cm³/mol. The zero-order valence-electron chi connectivity index (χ0n) is 13.6. The van der Waals surface area contributed by atoms with Crippen LogP contribution in [0.5, 0.6) is 0 Å². The molecule has 2 N–H and O–H groups in total. The van der Waals surface area contributed by atoms with Gasteiger partial charge in [0.25, 0.3) is 0 Å². The third kappa shape index (κ3) is 3.81. The zero-order chi connectivity index (χ0) is 16.9. The van der Waals surface area contributed by atoms with Crippen molar-refractivity contribution in [1.82, 2.24) is 19.8 Å². The minimum atomic E-state index is 0.0187. The molecule has 0 saturated carbocycles. The molecule has 24 heavy (non-hydrogen) atoms. The van der Waals surface area contributed by atoms with Gasteiger partial charge in [0.05, 0.1) is 18.6 Å². The zero-order valence-corrected chi connectivity index (χ0v) is 14.5. The molecule has 0 saturated heterocycles. The Hall–Kier alpha value is -2.22. The molecule has 0 aliphatic heterocycles. The number of hydrogen-bond donors (Lipinski definition) is 1. The molecule has 0 atom stereocenters. The van der Waals surface area contributed by atoms with Crippen molar-refractivity contribution in [2.75, 3.05) is 11.6 Å². The molecular formula is C16H21N5O2S. The fourth-order valence-corrected chi connectivity index (χ4v) is 3.41. The normalized spacial score (nSPS) is 14.5. The average molecular weight is 347 g/mol. The van der Waals surface area contributed by atoms with Crippen LogP contribution >= 0.6 is 11.8 Å². The van der Waals surface area contributed by atoms with Gasteiger partial charge in [0.15, 0.2) is 0 Å². The van der Waals surface area contributed by atoms with E-state index >= 15 is 0 Å². The smallest absolute Gasteiger partial charge is 0.237 e. The molecule has 0 spiro atoms. The number of nitrogen functional groups attached to an aromatic ring is 1. The van der Waals surface area contributed by atoms with Crippen molar-refractivity contribution in [2.24, 2.45) is 0 Å². The van der Waals surface area contributed by atoms with E-state index in [0.29, 0.717) is 17.5 Å². The topological polar surface area (TPSA) is 90.2 Å². The minimum Gasteiger partial charge on any atom is -0.467 e. The van der Waals surface area contributed by atoms with E-state index in [1.165, 1.54) is 22.9 Å². The maximum absolute atomic E-state index is 12.8. The van der Waals surface area contributed by atoms with Gasteiger partial charge in [-0.25, -0.2) is 4.68 Å². The maximum Gasteiger partial charge on any atom is 0.237 e. The van der Waals surface area contributed by atoms with Gasteiger partial charge in [0.2, 0.25) is 11.1 Å². The van der Waals surface area contributed by atoms with Gasteiger partial charge in [-0.3, -0.25) is 4.79 Å². The van der Waals surface area contributed by atoms with Crippen molar-refractivity contribution >= 4 is 17.7 Å². The van der Waals surface area contributed by atoms with Crippen LogP contribution in [-0.2, 0) is 11.3 Å². The van der Waals surface area contributed by atoms with Crippen LogP contribution in [0.1, 0.15) is 37.3 Å². The first-order valence-corrected chi connectivity index (χ1v) is 8.95. The molecule has 1 aliphatic rings. The number of nitrogens with two attached hydrogens (primary N) is 1. The summed E-state index contributed by atoms with van der Waals surface area (Å²) in [6, 6.07) is 3.72. The van der Waals surface area contributed by atoms with E-state index in [1.54, 1.807) is 13.2 Å². The maximum atomic E-state index is 12.8. The third-order valence-corrected chi connectivity index (χ3v) is 4.90. The van der Waals surface area contributed by atoms with Crippen molar-refractivity contribution in [3.05, 3.63) is 41.8 Å². The van der Waals surface area contributed by atoms with Crippen LogP contribution in [0, 0.1) is 6.92 Å². The third-order valence-electron chi connectivity index (χ3n) is 3.97. The number of furan rings is 1. The Kier molecular flexibility index (Phi) is 5.24. The lowest BCUT2D eigenvalue weighted by molar-refractivity contribution is -0.127. The van der Waals surface area contributed by atoms with E-state index in [2.05, 4.69) is 16.3 Å². The van der Waals surface area contributed by atoms with E-state index in [9.17, 15) is 4.79 Å². The second-order valence-corrected chi connectivity index (χ2v) is 6.63. The summed E-state index contributed by atoms with van der Waals surface area (Å²) in [7, 11) is 0. The van der Waals surface area contributed by atoms with Crippen LogP contribution in [0.3, 0.4) is 0 Å². The molecule has 0 radical (unpaired) electrons. The largest absolute Gasteiger partial charge is 0.467 e. The Labute approximate surface area is 144 Å². The average Bonchev–Trinajstić information content (AvgIpc) is 3.23. The molecule has 0 bridgehead atoms. The molecule has 7 nitrogen and oxygen atoms in total. The van der Waals surface area contributed by atoms with E-state index in [1.807, 2.05) is 17.0 Å². The van der Waals surface area contributed by atoms with Crippen LogP contribution in [0.2, 0.25) is 0 Å². The van der Waals surface area contributed by atoms with Crippen LogP contribution in [-0.4, -0.2) is 31.4 Å². The number of hydrogen-bond acceptors (Lipinski definition) is 6. The van der Waals surface area contributed by atoms with E-state index in [4.69, 9.17) is 10.3 Å². The highest BCUT2D eigenvalue weighted by molar-refractivity contribution is 7.99. The minimum absolute atomic E-state index is 0.0187. The number of aromatic nitrogens is 3. The van der Waals surface area contributed by atoms with Crippen LogP contribution in [0.25, 0.3) is 0 Å². The molecule has 2 aromatic rings. The lowest BCUT2D eigenvalue weighted by Crippen LogP contribution is -2.32. The highest BCUT2D eigenvalue weighted by Crippen LogP contribution is 2.25. The molecule has 128 valence electrons. The van der Waals surface area contributed by atoms with E-state index < -0.39 is 0 Å². The highest BCUT2D eigenvalue weighted by Gasteiger charge is 2.22. The van der Waals surface area contributed by atoms with Gasteiger partial charge in [-0.15, -0.1) is 10.2 Å². The van der Waals surface area contributed by atoms with Crippen LogP contribution in [0.4, 0.5) is 0 Å². The predicted octanol–water partition coefficient (Wildman–Crippen LogP) is 2.47. The molecule has 2 heterocycles. The van der Waals surface area contributed by atoms with E-state index in [0.717, 1.165) is 30.7 Å². The van der Waals surface area contributed by atoms with Gasteiger partial charge in [0.1, 0.15) is 11.6 Å². The summed E-state index contributed by atoms with van der Waals surface area (Å²) in [5.41, 5.74) is 1.08. The standard InChI is InChI=1S/C16H21N5O2S/c1-12-18-19-16(21(12)17)24-11-15(22)20(10-14-8-5-9-23-14)13-6-3-2-4-7-13/h5-6,8-9H,2-4,7,10-11,17H2,1H3. The Balaban J connectivity index is 1.70. The number of aryl methyl sites for hydroxylation is 1. The molecular weight excluding hydrogens is 326 g/mol. The second kappa shape index (κ2) is 7.57. The van der Waals surface area contributed by atoms with Gasteiger partial charge in [0, 0.05) is 5.70 Å². The molecule has 0 aromatic carbocycles. The first-order valence-electron chi connectivity index (χ1n) is 7.97. The quantitative estimate of drug-likeness (QED) is 0.638. The van der Waals surface area contributed by atoms with E-state index in [-0.39, 0.29) is 11.7 Å². The number of carbonyl (C=O) groups excluding carboxylic acids is 1. The number of allylic oxidation sites excluding steroid dienone is 2. The Morgan fingerprint density at radius 1 is 1.46 bits per heavy atom. The van der Waals surface area contributed by atoms with Crippen LogP contribution in [0.15, 0.2) is 39.7 Å². The summed E-state index contributed by atoms with van der Waals surface area (Å²) < 4.78 is 6.81. The lowest BCUT2D eigenvalue weighted by Gasteiger charge is -2.27. The molecule has 1 amide bonds. The fourth-order valence-electron chi connectivity index (χ4n) is 2.63. The summed E-state index contributed by atoms with van der Waals surface area (Å²) in [6.07, 6.45) is 8.00.